The van der Waals surface area contributed by atoms with E-state index in [1.54, 1.807) is 6.26 Å². The summed E-state index contributed by atoms with van der Waals surface area (Å²) < 4.78 is 31.7. The second-order valence-corrected chi connectivity index (χ2v) is 7.93. The van der Waals surface area contributed by atoms with Crippen molar-refractivity contribution in [2.45, 2.75) is 37.6 Å². The zero-order chi connectivity index (χ0) is 16.3. The van der Waals surface area contributed by atoms with Gasteiger partial charge in [-0.15, -0.1) is 0 Å². The van der Waals surface area contributed by atoms with E-state index in [1.165, 1.54) is 0 Å². The molecule has 1 fully saturated rings. The predicted molar refractivity (Wildman–Crippen MR) is 88.2 cm³/mol. The van der Waals surface area contributed by atoms with Gasteiger partial charge in [-0.25, -0.2) is 18.1 Å². The molecule has 7 heteroatoms. The second kappa shape index (κ2) is 6.82. The van der Waals surface area contributed by atoms with Crippen LogP contribution in [-0.4, -0.2) is 31.2 Å². The fraction of sp³-hybridized carbons (Fsp3) is 0.438. The van der Waals surface area contributed by atoms with E-state index in [0.717, 1.165) is 24.1 Å². The van der Waals surface area contributed by atoms with Crippen LogP contribution in [0.3, 0.4) is 0 Å². The molecule has 1 saturated carbocycles. The molecule has 2 aromatic rings. The Hall–Kier alpha value is -1.70. The SMILES string of the molecule is C[C@H](CNS(=O)(=O)C1CC1)NCc1coc(-c2ccccc2)n1. The third kappa shape index (κ3) is 4.40. The Kier molecular flexibility index (Phi) is 4.79. The molecule has 0 aliphatic heterocycles. The molecule has 1 aromatic heterocycles. The van der Waals surface area contributed by atoms with Crippen molar-refractivity contribution in [3.63, 3.8) is 0 Å². The highest BCUT2D eigenvalue weighted by Crippen LogP contribution is 2.27. The van der Waals surface area contributed by atoms with Crippen LogP contribution in [0.25, 0.3) is 11.5 Å². The van der Waals surface area contributed by atoms with E-state index >= 15 is 0 Å². The molecule has 1 heterocycles. The van der Waals surface area contributed by atoms with E-state index in [1.807, 2.05) is 37.3 Å². The first-order chi connectivity index (χ1) is 11.0. The molecule has 1 aliphatic carbocycles. The molecule has 0 unspecified atom stereocenters. The lowest BCUT2D eigenvalue weighted by Crippen LogP contribution is -2.39. The lowest BCUT2D eigenvalue weighted by atomic mass is 10.2. The first-order valence-corrected chi connectivity index (χ1v) is 9.31. The Morgan fingerprint density at radius 2 is 2.04 bits per heavy atom. The van der Waals surface area contributed by atoms with Gasteiger partial charge >= 0.3 is 0 Å². The molecular weight excluding hydrogens is 314 g/mol. The summed E-state index contributed by atoms with van der Waals surface area (Å²) in [5.41, 5.74) is 1.73. The first-order valence-electron chi connectivity index (χ1n) is 7.76. The zero-order valence-corrected chi connectivity index (χ0v) is 13.8. The highest BCUT2D eigenvalue weighted by Gasteiger charge is 2.35. The third-order valence-corrected chi connectivity index (χ3v) is 5.68. The number of aromatic nitrogens is 1. The van der Waals surface area contributed by atoms with Crippen molar-refractivity contribution in [2.24, 2.45) is 0 Å². The van der Waals surface area contributed by atoms with E-state index in [4.69, 9.17) is 4.42 Å². The smallest absolute Gasteiger partial charge is 0.226 e. The van der Waals surface area contributed by atoms with E-state index in [9.17, 15) is 8.42 Å². The van der Waals surface area contributed by atoms with Gasteiger partial charge in [-0.05, 0) is 31.9 Å². The van der Waals surface area contributed by atoms with Gasteiger partial charge in [-0.1, -0.05) is 18.2 Å². The third-order valence-electron chi connectivity index (χ3n) is 3.76. The van der Waals surface area contributed by atoms with Crippen LogP contribution < -0.4 is 10.0 Å². The van der Waals surface area contributed by atoms with Gasteiger partial charge in [-0.3, -0.25) is 0 Å². The van der Waals surface area contributed by atoms with E-state index in [0.29, 0.717) is 19.0 Å². The van der Waals surface area contributed by atoms with Gasteiger partial charge < -0.3 is 9.73 Å². The van der Waals surface area contributed by atoms with Crippen LogP contribution in [0, 0.1) is 0 Å². The number of nitrogens with zero attached hydrogens (tertiary/aromatic N) is 1. The minimum absolute atomic E-state index is 0.0143. The molecule has 6 nitrogen and oxygen atoms in total. The maximum absolute atomic E-state index is 11.8. The first kappa shape index (κ1) is 16.2. The molecule has 2 N–H and O–H groups in total. The van der Waals surface area contributed by atoms with Gasteiger partial charge in [0.25, 0.3) is 0 Å². The summed E-state index contributed by atoms with van der Waals surface area (Å²) >= 11 is 0. The molecule has 23 heavy (non-hydrogen) atoms. The quantitative estimate of drug-likeness (QED) is 0.770. The summed E-state index contributed by atoms with van der Waals surface area (Å²) in [5.74, 6) is 0.587. The number of nitrogens with one attached hydrogen (secondary N) is 2. The van der Waals surface area contributed by atoms with Crippen LogP contribution in [0.2, 0.25) is 0 Å². The minimum Gasteiger partial charge on any atom is -0.444 e. The Morgan fingerprint density at radius 1 is 1.30 bits per heavy atom. The molecule has 0 saturated heterocycles. The Morgan fingerprint density at radius 3 is 2.74 bits per heavy atom. The molecule has 0 radical (unpaired) electrons. The van der Waals surface area contributed by atoms with Gasteiger partial charge in [0.2, 0.25) is 15.9 Å². The Balaban J connectivity index is 1.47. The molecule has 124 valence electrons. The van der Waals surface area contributed by atoms with Crippen molar-refractivity contribution in [3.05, 3.63) is 42.3 Å². The van der Waals surface area contributed by atoms with Crippen LogP contribution in [0.5, 0.6) is 0 Å². The molecule has 1 aromatic carbocycles. The maximum atomic E-state index is 11.8. The maximum Gasteiger partial charge on any atom is 0.226 e. The predicted octanol–water partition coefficient (Wildman–Crippen LogP) is 1.90. The van der Waals surface area contributed by atoms with E-state index in [2.05, 4.69) is 15.0 Å². The van der Waals surface area contributed by atoms with Gasteiger partial charge in [-0.2, -0.15) is 0 Å². The van der Waals surface area contributed by atoms with Crippen molar-refractivity contribution >= 4 is 10.0 Å². The average molecular weight is 335 g/mol. The summed E-state index contributed by atoms with van der Waals surface area (Å²) in [6, 6.07) is 9.72. The number of benzene rings is 1. The summed E-state index contributed by atoms with van der Waals surface area (Å²) in [6.07, 6.45) is 3.17. The number of hydrogen-bond donors (Lipinski definition) is 2. The lowest BCUT2D eigenvalue weighted by Gasteiger charge is -2.13. The number of hydrogen-bond acceptors (Lipinski definition) is 5. The summed E-state index contributed by atoms with van der Waals surface area (Å²) in [5, 5.41) is 3.06. The molecule has 1 atom stereocenters. The van der Waals surface area contributed by atoms with Crippen molar-refractivity contribution in [2.75, 3.05) is 6.54 Å². The van der Waals surface area contributed by atoms with Crippen molar-refractivity contribution < 1.29 is 12.8 Å². The van der Waals surface area contributed by atoms with Crippen LogP contribution in [0.1, 0.15) is 25.5 Å². The van der Waals surface area contributed by atoms with Gasteiger partial charge in [0, 0.05) is 24.7 Å². The Labute approximate surface area is 136 Å². The summed E-state index contributed by atoms with van der Waals surface area (Å²) in [7, 11) is -3.12. The average Bonchev–Trinajstić information content (AvgIpc) is 3.32. The molecule has 0 spiro atoms. The monoisotopic (exact) mass is 335 g/mol. The normalized spacial score (nSPS) is 16.4. The zero-order valence-electron chi connectivity index (χ0n) is 13.0. The highest BCUT2D eigenvalue weighted by atomic mass is 32.2. The lowest BCUT2D eigenvalue weighted by molar-refractivity contribution is 0.518. The molecule has 0 amide bonds. The standard InChI is InChI=1S/C16H21N3O3S/c1-12(9-18-23(20,21)15-7-8-15)17-10-14-11-22-16(19-14)13-5-3-2-4-6-13/h2-6,11-12,15,17-18H,7-10H2,1H3/t12-/m1/s1. The summed E-state index contributed by atoms with van der Waals surface area (Å²) in [4.78, 5) is 4.43. The second-order valence-electron chi connectivity index (χ2n) is 5.88. The highest BCUT2D eigenvalue weighted by molar-refractivity contribution is 7.90. The van der Waals surface area contributed by atoms with E-state index < -0.39 is 10.0 Å². The van der Waals surface area contributed by atoms with Gasteiger partial charge in [0.1, 0.15) is 6.26 Å². The van der Waals surface area contributed by atoms with Crippen LogP contribution in [0.15, 0.2) is 41.0 Å². The number of rotatable bonds is 8. The van der Waals surface area contributed by atoms with E-state index in [-0.39, 0.29) is 11.3 Å². The van der Waals surface area contributed by atoms with Crippen LogP contribution in [0.4, 0.5) is 0 Å². The number of oxazole rings is 1. The fourth-order valence-corrected chi connectivity index (χ4v) is 3.66. The van der Waals surface area contributed by atoms with Crippen LogP contribution >= 0.6 is 0 Å². The molecule has 3 rings (SSSR count). The van der Waals surface area contributed by atoms with Crippen molar-refractivity contribution in [3.8, 4) is 11.5 Å². The largest absolute Gasteiger partial charge is 0.444 e. The molecule has 1 aliphatic rings. The van der Waals surface area contributed by atoms with Gasteiger partial charge in [0.15, 0.2) is 0 Å². The minimum atomic E-state index is -3.12. The summed E-state index contributed by atoms with van der Waals surface area (Å²) in [6.45, 7) is 2.85. The topological polar surface area (TPSA) is 84.2 Å². The Bertz CT molecular complexity index is 739. The fourth-order valence-electron chi connectivity index (χ4n) is 2.19. The van der Waals surface area contributed by atoms with Gasteiger partial charge in [0.05, 0.1) is 10.9 Å². The molecule has 0 bridgehead atoms. The van der Waals surface area contributed by atoms with Crippen molar-refractivity contribution in [1.82, 2.24) is 15.0 Å². The molecular formula is C16H21N3O3S. The van der Waals surface area contributed by atoms with Crippen molar-refractivity contribution in [1.29, 1.82) is 0 Å². The van der Waals surface area contributed by atoms with Crippen LogP contribution in [-0.2, 0) is 16.6 Å². The number of sulfonamides is 1.